The maximum Gasteiger partial charge on any atom is 0.348 e. The molecule has 0 amide bonds. The van der Waals surface area contributed by atoms with Crippen molar-refractivity contribution in [3.8, 4) is 0 Å². The molecule has 0 heterocycles. The molecule has 3 nitrogen and oxygen atoms in total. The number of hydrogen-bond acceptors (Lipinski definition) is 3. The Labute approximate surface area is 122 Å². The Morgan fingerprint density at radius 2 is 1.75 bits per heavy atom. The average Bonchev–Trinajstić information content (AvgIpc) is 2.50. The van der Waals surface area contributed by atoms with Gasteiger partial charge in [0.1, 0.15) is 5.57 Å². The second-order valence-electron chi connectivity index (χ2n) is 3.93. The molecule has 0 saturated carbocycles. The summed E-state index contributed by atoms with van der Waals surface area (Å²) in [5.74, 6) is 2.27. The van der Waals surface area contributed by atoms with Crippen LogP contribution in [0.15, 0.2) is 59.6 Å². The minimum Gasteiger partial charge on any atom is -0.465 e. The van der Waals surface area contributed by atoms with Crippen molar-refractivity contribution in [1.29, 1.82) is 0 Å². The van der Waals surface area contributed by atoms with Gasteiger partial charge in [-0.15, -0.1) is 0 Å². The summed E-state index contributed by atoms with van der Waals surface area (Å²) >= 11 is 5.80. The summed E-state index contributed by atoms with van der Waals surface area (Å²) < 4.78 is 4.75. The molecule has 2 aromatic rings. The molecule has 100 valence electrons. The standard InChI is InChI=1S/C16H12ClNO2/c1-20-16(19)15(12-5-3-2-4-6-12)11-18-14-9-7-13(17)8-10-14/h2-10H,1H3. The monoisotopic (exact) mass is 285 g/mol. The average molecular weight is 286 g/mol. The highest BCUT2D eigenvalue weighted by Gasteiger charge is 2.11. The van der Waals surface area contributed by atoms with Gasteiger partial charge in [-0.25, -0.2) is 9.79 Å². The third kappa shape index (κ3) is 3.58. The SMILES string of the molecule is COC(=O)C(=C=Nc1ccc(Cl)cc1)c1ccccc1. The van der Waals surface area contributed by atoms with E-state index in [-0.39, 0.29) is 5.57 Å². The predicted octanol–water partition coefficient (Wildman–Crippen LogP) is 3.90. The number of aliphatic imine (C=N–C) groups is 1. The van der Waals surface area contributed by atoms with E-state index >= 15 is 0 Å². The van der Waals surface area contributed by atoms with Crippen LogP contribution in [0.4, 0.5) is 5.69 Å². The van der Waals surface area contributed by atoms with Crippen molar-refractivity contribution in [3.63, 3.8) is 0 Å². The molecule has 2 rings (SSSR count). The molecule has 0 spiro atoms. The predicted molar refractivity (Wildman–Crippen MR) is 80.4 cm³/mol. The molecule has 0 aliphatic carbocycles. The molecule has 0 unspecified atom stereocenters. The quantitative estimate of drug-likeness (QED) is 0.487. The van der Waals surface area contributed by atoms with Gasteiger partial charge in [0.05, 0.1) is 12.8 Å². The van der Waals surface area contributed by atoms with Gasteiger partial charge in [-0.1, -0.05) is 41.9 Å². The van der Waals surface area contributed by atoms with E-state index in [1.165, 1.54) is 7.11 Å². The van der Waals surface area contributed by atoms with E-state index in [9.17, 15) is 4.79 Å². The van der Waals surface area contributed by atoms with Gasteiger partial charge in [0.2, 0.25) is 0 Å². The maximum atomic E-state index is 11.8. The zero-order valence-electron chi connectivity index (χ0n) is 10.8. The molecule has 0 N–H and O–H groups in total. The minimum atomic E-state index is -0.478. The third-order valence-corrected chi connectivity index (χ3v) is 2.83. The van der Waals surface area contributed by atoms with Crippen molar-refractivity contribution in [2.24, 2.45) is 4.99 Å². The van der Waals surface area contributed by atoms with E-state index in [4.69, 9.17) is 16.3 Å². The summed E-state index contributed by atoms with van der Waals surface area (Å²) in [5.41, 5.74) is 1.65. The fourth-order valence-electron chi connectivity index (χ4n) is 1.57. The van der Waals surface area contributed by atoms with Crippen LogP contribution >= 0.6 is 11.6 Å². The molecule has 0 aliphatic rings. The molecule has 2 aromatic carbocycles. The van der Waals surface area contributed by atoms with Crippen molar-refractivity contribution < 1.29 is 9.53 Å². The number of methoxy groups -OCH3 is 1. The number of carbonyl (C=O) groups is 1. The van der Waals surface area contributed by atoms with Crippen molar-refractivity contribution in [1.82, 2.24) is 0 Å². The largest absolute Gasteiger partial charge is 0.465 e. The van der Waals surface area contributed by atoms with Crippen LogP contribution in [0.2, 0.25) is 5.02 Å². The highest BCUT2D eigenvalue weighted by molar-refractivity contribution is 6.30. The lowest BCUT2D eigenvalue weighted by atomic mass is 10.1. The smallest absolute Gasteiger partial charge is 0.348 e. The first-order valence-corrected chi connectivity index (χ1v) is 6.31. The Morgan fingerprint density at radius 1 is 1.10 bits per heavy atom. The Balaban J connectivity index is 2.43. The molecule has 0 radical (unpaired) electrons. The molecule has 0 aliphatic heterocycles. The fourth-order valence-corrected chi connectivity index (χ4v) is 1.70. The highest BCUT2D eigenvalue weighted by atomic mass is 35.5. The molecule has 0 saturated heterocycles. The topological polar surface area (TPSA) is 38.7 Å². The van der Waals surface area contributed by atoms with E-state index in [0.717, 1.165) is 0 Å². The van der Waals surface area contributed by atoms with Crippen molar-refractivity contribution >= 4 is 34.7 Å². The van der Waals surface area contributed by atoms with Crippen LogP contribution in [0.5, 0.6) is 0 Å². The van der Waals surface area contributed by atoms with E-state index in [2.05, 4.69) is 10.9 Å². The molecule has 0 fully saturated rings. The minimum absolute atomic E-state index is 0.281. The first-order chi connectivity index (χ1) is 9.70. The van der Waals surface area contributed by atoms with Gasteiger partial charge in [-0.05, 0) is 29.8 Å². The summed E-state index contributed by atoms with van der Waals surface area (Å²) in [4.78, 5) is 15.9. The molecule has 0 aromatic heterocycles. The zero-order chi connectivity index (χ0) is 14.4. The highest BCUT2D eigenvalue weighted by Crippen LogP contribution is 2.17. The van der Waals surface area contributed by atoms with E-state index in [1.54, 1.807) is 36.4 Å². The van der Waals surface area contributed by atoms with E-state index < -0.39 is 5.97 Å². The van der Waals surface area contributed by atoms with Gasteiger partial charge in [0.15, 0.2) is 0 Å². The van der Waals surface area contributed by atoms with Crippen LogP contribution in [-0.4, -0.2) is 18.9 Å². The molecular weight excluding hydrogens is 274 g/mol. The number of benzene rings is 2. The first kappa shape index (κ1) is 14.1. The third-order valence-electron chi connectivity index (χ3n) is 2.58. The molecule has 0 bridgehead atoms. The van der Waals surface area contributed by atoms with Gasteiger partial charge in [-0.3, -0.25) is 0 Å². The molecular formula is C16H12ClNO2. The number of rotatable bonds is 3. The number of halogens is 1. The van der Waals surface area contributed by atoms with Crippen molar-refractivity contribution in [2.75, 3.05) is 7.11 Å². The van der Waals surface area contributed by atoms with Gasteiger partial charge in [-0.2, -0.15) is 0 Å². The molecule has 0 atom stereocenters. The van der Waals surface area contributed by atoms with E-state index in [1.807, 2.05) is 18.2 Å². The lowest BCUT2D eigenvalue weighted by molar-refractivity contribution is -0.133. The Bertz CT molecular complexity index is 657. The van der Waals surface area contributed by atoms with Crippen LogP contribution in [-0.2, 0) is 9.53 Å². The summed E-state index contributed by atoms with van der Waals surface area (Å²) in [6, 6.07) is 16.1. The summed E-state index contributed by atoms with van der Waals surface area (Å²) in [6.45, 7) is 0. The lowest BCUT2D eigenvalue weighted by Gasteiger charge is -2.01. The van der Waals surface area contributed by atoms with E-state index in [0.29, 0.717) is 16.3 Å². The van der Waals surface area contributed by atoms with Gasteiger partial charge in [0, 0.05) is 10.9 Å². The van der Waals surface area contributed by atoms with Crippen LogP contribution in [0.3, 0.4) is 0 Å². The molecule has 4 heteroatoms. The Kier molecular flexibility index (Phi) is 4.72. The van der Waals surface area contributed by atoms with Crippen LogP contribution in [0, 0.1) is 0 Å². The number of hydrogen-bond donors (Lipinski definition) is 0. The Morgan fingerprint density at radius 3 is 2.35 bits per heavy atom. The normalized spacial score (nSPS) is 9.50. The van der Waals surface area contributed by atoms with Crippen LogP contribution in [0.25, 0.3) is 5.57 Å². The summed E-state index contributed by atoms with van der Waals surface area (Å²) in [7, 11) is 1.33. The van der Waals surface area contributed by atoms with Crippen molar-refractivity contribution in [3.05, 3.63) is 65.2 Å². The van der Waals surface area contributed by atoms with Gasteiger partial charge < -0.3 is 4.74 Å². The van der Waals surface area contributed by atoms with Gasteiger partial charge >= 0.3 is 5.97 Å². The first-order valence-electron chi connectivity index (χ1n) is 5.93. The summed E-state index contributed by atoms with van der Waals surface area (Å²) in [5, 5.41) is 0.629. The molecule has 20 heavy (non-hydrogen) atoms. The maximum absolute atomic E-state index is 11.8. The Hall–Kier alpha value is -2.35. The summed E-state index contributed by atoms with van der Waals surface area (Å²) in [6.07, 6.45) is 0. The van der Waals surface area contributed by atoms with Crippen LogP contribution < -0.4 is 0 Å². The number of nitrogens with zero attached hydrogens (tertiary/aromatic N) is 1. The second-order valence-corrected chi connectivity index (χ2v) is 4.37. The number of esters is 1. The zero-order valence-corrected chi connectivity index (χ0v) is 11.6. The number of carbonyl (C=O) groups excluding carboxylic acids is 1. The van der Waals surface area contributed by atoms with Gasteiger partial charge in [0.25, 0.3) is 0 Å². The fraction of sp³-hybridized carbons (Fsp3) is 0.0625. The van der Waals surface area contributed by atoms with Crippen molar-refractivity contribution in [2.45, 2.75) is 0 Å². The second kappa shape index (κ2) is 6.71. The number of ether oxygens (including phenoxy) is 1. The lowest BCUT2D eigenvalue weighted by Crippen LogP contribution is -2.04. The van der Waals surface area contributed by atoms with Crippen LogP contribution in [0.1, 0.15) is 5.56 Å².